The summed E-state index contributed by atoms with van der Waals surface area (Å²) in [6.07, 6.45) is 0. The van der Waals surface area contributed by atoms with Gasteiger partial charge in [0.2, 0.25) is 0 Å². The Hall–Kier alpha value is -1.36. The van der Waals surface area contributed by atoms with Gasteiger partial charge in [0.05, 0.1) is 0 Å². The van der Waals surface area contributed by atoms with Crippen LogP contribution in [0.15, 0.2) is 15.7 Å². The Morgan fingerprint density at radius 3 is 2.42 bits per heavy atom. The first-order valence-corrected chi connectivity index (χ1v) is 3.54. The summed E-state index contributed by atoms with van der Waals surface area (Å²) >= 11 is 0. The second-order valence-corrected chi connectivity index (χ2v) is 2.58. The van der Waals surface area contributed by atoms with Crippen molar-refractivity contribution in [1.82, 2.24) is 9.13 Å². The fourth-order valence-corrected chi connectivity index (χ4v) is 0.974. The van der Waals surface area contributed by atoms with Gasteiger partial charge in [0.25, 0.3) is 5.56 Å². The first-order valence-electron chi connectivity index (χ1n) is 3.54. The number of rotatable bonds is 1. The minimum atomic E-state index is -0.344. The van der Waals surface area contributed by atoms with Crippen molar-refractivity contribution >= 4 is 0 Å². The number of nitrogens with two attached hydrogens (primary N) is 1. The molecule has 0 radical (unpaired) electrons. The molecule has 0 bridgehead atoms. The minimum absolute atomic E-state index is 0.196. The first kappa shape index (κ1) is 8.73. The summed E-state index contributed by atoms with van der Waals surface area (Å²) in [4.78, 5) is 22.3. The zero-order valence-corrected chi connectivity index (χ0v) is 7.07. The quantitative estimate of drug-likeness (QED) is 0.558. The van der Waals surface area contributed by atoms with Crippen LogP contribution in [0.2, 0.25) is 0 Å². The van der Waals surface area contributed by atoms with Crippen LogP contribution in [-0.2, 0) is 20.6 Å². The van der Waals surface area contributed by atoms with Gasteiger partial charge in [-0.2, -0.15) is 0 Å². The van der Waals surface area contributed by atoms with Gasteiger partial charge in [-0.3, -0.25) is 13.9 Å². The van der Waals surface area contributed by atoms with E-state index in [4.69, 9.17) is 5.73 Å². The molecular formula is C7H11N3O2. The van der Waals surface area contributed by atoms with Crippen molar-refractivity contribution in [2.24, 2.45) is 19.8 Å². The van der Waals surface area contributed by atoms with Gasteiger partial charge in [-0.1, -0.05) is 0 Å². The van der Waals surface area contributed by atoms with Crippen LogP contribution in [0.25, 0.3) is 0 Å². The third-order valence-corrected chi connectivity index (χ3v) is 1.83. The summed E-state index contributed by atoms with van der Waals surface area (Å²) in [6.45, 7) is 0.196. The highest BCUT2D eigenvalue weighted by Gasteiger charge is 2.02. The van der Waals surface area contributed by atoms with E-state index in [1.165, 1.54) is 17.7 Å². The van der Waals surface area contributed by atoms with E-state index in [1.807, 2.05) is 0 Å². The lowest BCUT2D eigenvalue weighted by Gasteiger charge is -2.05. The number of hydrogen-bond acceptors (Lipinski definition) is 3. The van der Waals surface area contributed by atoms with Crippen LogP contribution in [0, 0.1) is 0 Å². The van der Waals surface area contributed by atoms with Gasteiger partial charge in [0.1, 0.15) is 0 Å². The second-order valence-electron chi connectivity index (χ2n) is 2.58. The van der Waals surface area contributed by atoms with Crippen LogP contribution in [0.4, 0.5) is 0 Å². The Labute approximate surface area is 69.0 Å². The summed E-state index contributed by atoms with van der Waals surface area (Å²) in [7, 11) is 3.02. The maximum Gasteiger partial charge on any atom is 0.330 e. The van der Waals surface area contributed by atoms with Gasteiger partial charge in [-0.05, 0) is 0 Å². The lowest BCUT2D eigenvalue weighted by atomic mass is 10.4. The zero-order valence-electron chi connectivity index (χ0n) is 7.07. The molecule has 0 spiro atoms. The Bertz CT molecular complexity index is 402. The van der Waals surface area contributed by atoms with Crippen molar-refractivity contribution in [3.05, 3.63) is 32.6 Å². The molecule has 0 aliphatic carbocycles. The Balaban J connectivity index is 3.61. The van der Waals surface area contributed by atoms with Crippen LogP contribution < -0.4 is 17.0 Å². The largest absolute Gasteiger partial charge is 0.330 e. The fraction of sp³-hybridized carbons (Fsp3) is 0.429. The smallest absolute Gasteiger partial charge is 0.325 e. The molecule has 0 aliphatic rings. The van der Waals surface area contributed by atoms with Gasteiger partial charge >= 0.3 is 5.69 Å². The molecule has 0 aliphatic heterocycles. The number of nitrogens with zero attached hydrogens (tertiary/aromatic N) is 2. The summed E-state index contributed by atoms with van der Waals surface area (Å²) in [6, 6.07) is 1.36. The summed E-state index contributed by atoms with van der Waals surface area (Å²) in [5.41, 5.74) is 5.21. The number of aromatic nitrogens is 2. The third kappa shape index (κ3) is 1.18. The Kier molecular flexibility index (Phi) is 2.14. The van der Waals surface area contributed by atoms with E-state index < -0.39 is 0 Å². The lowest BCUT2D eigenvalue weighted by molar-refractivity contribution is 0.650. The Morgan fingerprint density at radius 2 is 1.92 bits per heavy atom. The highest BCUT2D eigenvalue weighted by Crippen LogP contribution is 1.85. The molecule has 1 aromatic rings. The topological polar surface area (TPSA) is 70.0 Å². The van der Waals surface area contributed by atoms with Crippen LogP contribution in [0.3, 0.4) is 0 Å². The van der Waals surface area contributed by atoms with Crippen LogP contribution in [-0.4, -0.2) is 9.13 Å². The predicted molar refractivity (Wildman–Crippen MR) is 44.8 cm³/mol. The van der Waals surface area contributed by atoms with Crippen molar-refractivity contribution in [3.63, 3.8) is 0 Å². The Morgan fingerprint density at radius 1 is 1.33 bits per heavy atom. The minimum Gasteiger partial charge on any atom is -0.325 e. The van der Waals surface area contributed by atoms with E-state index in [-0.39, 0.29) is 17.8 Å². The molecule has 1 heterocycles. The molecule has 0 saturated heterocycles. The average molecular weight is 169 g/mol. The van der Waals surface area contributed by atoms with Crippen LogP contribution >= 0.6 is 0 Å². The van der Waals surface area contributed by atoms with E-state index in [1.54, 1.807) is 7.05 Å². The van der Waals surface area contributed by atoms with E-state index >= 15 is 0 Å². The standard InChI is InChI=1S/C7H11N3O2/c1-9-5(4-8)3-6(11)10(2)7(9)12/h3H,4,8H2,1-2H3. The van der Waals surface area contributed by atoms with Gasteiger partial charge < -0.3 is 5.73 Å². The molecule has 5 nitrogen and oxygen atoms in total. The lowest BCUT2D eigenvalue weighted by Crippen LogP contribution is -2.38. The molecule has 0 fully saturated rings. The monoisotopic (exact) mass is 169 g/mol. The van der Waals surface area contributed by atoms with Gasteiger partial charge in [0, 0.05) is 32.4 Å². The molecular weight excluding hydrogens is 158 g/mol. The van der Waals surface area contributed by atoms with Crippen molar-refractivity contribution in [2.75, 3.05) is 0 Å². The van der Waals surface area contributed by atoms with E-state index in [9.17, 15) is 9.59 Å². The summed E-state index contributed by atoms with van der Waals surface area (Å²) in [5, 5.41) is 0. The predicted octanol–water partition coefficient (Wildman–Crippen LogP) is -1.46. The highest BCUT2D eigenvalue weighted by atomic mass is 16.2. The fourth-order valence-electron chi connectivity index (χ4n) is 0.974. The molecule has 0 saturated carbocycles. The molecule has 12 heavy (non-hydrogen) atoms. The van der Waals surface area contributed by atoms with E-state index in [2.05, 4.69) is 0 Å². The molecule has 0 atom stereocenters. The van der Waals surface area contributed by atoms with Gasteiger partial charge in [-0.15, -0.1) is 0 Å². The van der Waals surface area contributed by atoms with Crippen molar-refractivity contribution in [2.45, 2.75) is 6.54 Å². The van der Waals surface area contributed by atoms with Crippen molar-refractivity contribution in [1.29, 1.82) is 0 Å². The molecule has 0 unspecified atom stereocenters. The van der Waals surface area contributed by atoms with E-state index in [0.29, 0.717) is 5.69 Å². The molecule has 2 N–H and O–H groups in total. The normalized spacial score (nSPS) is 10.2. The van der Waals surface area contributed by atoms with Crippen molar-refractivity contribution < 1.29 is 0 Å². The zero-order chi connectivity index (χ0) is 9.30. The summed E-state index contributed by atoms with van der Waals surface area (Å²) in [5.74, 6) is 0. The average Bonchev–Trinajstić information content (AvgIpc) is 2.08. The van der Waals surface area contributed by atoms with Crippen LogP contribution in [0.5, 0.6) is 0 Å². The maximum absolute atomic E-state index is 11.2. The molecule has 0 aromatic carbocycles. The summed E-state index contributed by atoms with van der Waals surface area (Å²) < 4.78 is 2.40. The maximum atomic E-state index is 11.2. The van der Waals surface area contributed by atoms with Gasteiger partial charge in [-0.25, -0.2) is 4.79 Å². The van der Waals surface area contributed by atoms with Crippen molar-refractivity contribution in [3.8, 4) is 0 Å². The SMILES string of the molecule is Cn1c(CN)cc(=O)n(C)c1=O. The molecule has 1 rings (SSSR count). The molecule has 66 valence electrons. The number of hydrogen-bond donors (Lipinski definition) is 1. The second kappa shape index (κ2) is 2.94. The van der Waals surface area contributed by atoms with E-state index in [0.717, 1.165) is 4.57 Å². The molecule has 1 aromatic heterocycles. The third-order valence-electron chi connectivity index (χ3n) is 1.83. The molecule has 5 heteroatoms. The highest BCUT2D eigenvalue weighted by molar-refractivity contribution is 5.00. The molecule has 0 amide bonds. The van der Waals surface area contributed by atoms with Gasteiger partial charge in [0.15, 0.2) is 0 Å². The van der Waals surface area contributed by atoms with Crippen LogP contribution in [0.1, 0.15) is 5.69 Å². The first-order chi connectivity index (χ1) is 5.57.